The van der Waals surface area contributed by atoms with Gasteiger partial charge in [0.2, 0.25) is 0 Å². The van der Waals surface area contributed by atoms with Crippen LogP contribution in [-0.2, 0) is 16.4 Å². The predicted molar refractivity (Wildman–Crippen MR) is 84.1 cm³/mol. The Morgan fingerprint density at radius 3 is 2.55 bits per heavy atom. The van der Waals surface area contributed by atoms with Crippen LogP contribution in [0.4, 0.5) is 5.82 Å². The zero-order valence-corrected chi connectivity index (χ0v) is 13.8. The molecule has 0 fully saturated rings. The third kappa shape index (κ3) is 5.09. The van der Waals surface area contributed by atoms with Crippen LogP contribution < -0.4 is 10.2 Å². The maximum Gasteiger partial charge on any atom is 0.149 e. The average molecular weight is 299 g/mol. The minimum atomic E-state index is -2.96. The number of nitrogens with zero attached hydrogens (tertiary/aromatic N) is 2. The Labute approximate surface area is 122 Å². The molecule has 0 atom stereocenters. The van der Waals surface area contributed by atoms with Crippen molar-refractivity contribution in [1.82, 2.24) is 10.3 Å². The predicted octanol–water partition coefficient (Wildman–Crippen LogP) is 1.29. The number of sulfone groups is 1. The van der Waals surface area contributed by atoms with E-state index in [4.69, 9.17) is 0 Å². The molecule has 0 saturated heterocycles. The van der Waals surface area contributed by atoms with Crippen molar-refractivity contribution in [3.05, 3.63) is 22.9 Å². The molecule has 5 nitrogen and oxygen atoms in total. The standard InChI is InChI=1S/C14H25N3O2S/c1-6-15-10-13-11(2)9-12(3)16-14(13)17(4)7-8-20(5,18)19/h9,15H,6-8,10H2,1-5H3. The van der Waals surface area contributed by atoms with Gasteiger partial charge in [-0.1, -0.05) is 6.92 Å². The van der Waals surface area contributed by atoms with Crippen molar-refractivity contribution < 1.29 is 8.42 Å². The Bertz CT molecular complexity index is 556. The minimum absolute atomic E-state index is 0.138. The van der Waals surface area contributed by atoms with Crippen LogP contribution in [0, 0.1) is 13.8 Å². The maximum atomic E-state index is 11.3. The first-order chi connectivity index (χ1) is 9.24. The highest BCUT2D eigenvalue weighted by Crippen LogP contribution is 2.21. The normalized spacial score (nSPS) is 11.7. The molecule has 0 radical (unpaired) electrons. The number of hydrogen-bond donors (Lipinski definition) is 1. The average Bonchev–Trinajstić information content (AvgIpc) is 2.33. The lowest BCUT2D eigenvalue weighted by molar-refractivity contribution is 0.601. The molecule has 1 aromatic heterocycles. The molecule has 0 unspecified atom stereocenters. The second-order valence-corrected chi connectivity index (χ2v) is 7.47. The van der Waals surface area contributed by atoms with Crippen molar-refractivity contribution >= 4 is 15.7 Å². The Balaban J connectivity index is 3.01. The largest absolute Gasteiger partial charge is 0.358 e. The van der Waals surface area contributed by atoms with Gasteiger partial charge < -0.3 is 10.2 Å². The summed E-state index contributed by atoms with van der Waals surface area (Å²) in [6.07, 6.45) is 1.26. The fourth-order valence-corrected chi connectivity index (χ4v) is 2.64. The minimum Gasteiger partial charge on any atom is -0.358 e. The van der Waals surface area contributed by atoms with Crippen LogP contribution >= 0.6 is 0 Å². The summed E-state index contributed by atoms with van der Waals surface area (Å²) in [6, 6.07) is 2.06. The van der Waals surface area contributed by atoms with Gasteiger partial charge in [0.25, 0.3) is 0 Å². The lowest BCUT2D eigenvalue weighted by atomic mass is 10.1. The second kappa shape index (κ2) is 7.04. The molecular weight excluding hydrogens is 274 g/mol. The van der Waals surface area contributed by atoms with Crippen LogP contribution in [0.15, 0.2) is 6.07 Å². The summed E-state index contributed by atoms with van der Waals surface area (Å²) in [5, 5.41) is 3.31. The monoisotopic (exact) mass is 299 g/mol. The Hall–Kier alpha value is -1.14. The molecule has 20 heavy (non-hydrogen) atoms. The van der Waals surface area contributed by atoms with Gasteiger partial charge in [0.15, 0.2) is 0 Å². The number of rotatable bonds is 7. The molecule has 0 bridgehead atoms. The second-order valence-electron chi connectivity index (χ2n) is 5.21. The van der Waals surface area contributed by atoms with Crippen LogP contribution in [-0.4, -0.2) is 45.5 Å². The fraction of sp³-hybridized carbons (Fsp3) is 0.643. The van der Waals surface area contributed by atoms with Crippen LogP contribution in [0.1, 0.15) is 23.7 Å². The third-order valence-electron chi connectivity index (χ3n) is 3.16. The maximum absolute atomic E-state index is 11.3. The van der Waals surface area contributed by atoms with Gasteiger partial charge in [-0.25, -0.2) is 13.4 Å². The van der Waals surface area contributed by atoms with Crippen LogP contribution in [0.3, 0.4) is 0 Å². The van der Waals surface area contributed by atoms with Crippen molar-refractivity contribution in [3.8, 4) is 0 Å². The van der Waals surface area contributed by atoms with E-state index < -0.39 is 9.84 Å². The van der Waals surface area contributed by atoms with Gasteiger partial charge in [-0.05, 0) is 32.0 Å². The third-order valence-corrected chi connectivity index (χ3v) is 4.09. The lowest BCUT2D eigenvalue weighted by Crippen LogP contribution is -2.28. The van der Waals surface area contributed by atoms with E-state index in [1.807, 2.05) is 18.9 Å². The number of anilines is 1. The van der Waals surface area contributed by atoms with E-state index in [9.17, 15) is 8.42 Å². The molecule has 0 aromatic carbocycles. The first kappa shape index (κ1) is 16.9. The van der Waals surface area contributed by atoms with E-state index >= 15 is 0 Å². The van der Waals surface area contributed by atoms with E-state index in [1.165, 1.54) is 11.8 Å². The first-order valence-corrected chi connectivity index (χ1v) is 8.87. The van der Waals surface area contributed by atoms with Gasteiger partial charge in [-0.2, -0.15) is 0 Å². The van der Waals surface area contributed by atoms with Gasteiger partial charge in [0, 0.05) is 37.7 Å². The summed E-state index contributed by atoms with van der Waals surface area (Å²) in [5.41, 5.74) is 3.26. The topological polar surface area (TPSA) is 62.3 Å². The number of pyridine rings is 1. The highest BCUT2D eigenvalue weighted by molar-refractivity contribution is 7.90. The van der Waals surface area contributed by atoms with Crippen LogP contribution in [0.2, 0.25) is 0 Å². The Morgan fingerprint density at radius 1 is 1.35 bits per heavy atom. The lowest BCUT2D eigenvalue weighted by Gasteiger charge is -2.23. The summed E-state index contributed by atoms with van der Waals surface area (Å²) in [4.78, 5) is 6.50. The Kier molecular flexibility index (Phi) is 5.95. The first-order valence-electron chi connectivity index (χ1n) is 6.81. The highest BCUT2D eigenvalue weighted by Gasteiger charge is 2.14. The molecule has 1 rings (SSSR count). The number of nitrogens with one attached hydrogen (secondary N) is 1. The number of hydrogen-bond acceptors (Lipinski definition) is 5. The van der Waals surface area contributed by atoms with Crippen molar-refractivity contribution in [3.63, 3.8) is 0 Å². The van der Waals surface area contributed by atoms with E-state index in [2.05, 4.69) is 30.2 Å². The molecule has 0 aliphatic rings. The van der Waals surface area contributed by atoms with E-state index in [-0.39, 0.29) is 5.75 Å². The van der Waals surface area contributed by atoms with E-state index in [1.54, 1.807) is 0 Å². The molecule has 0 aliphatic heterocycles. The van der Waals surface area contributed by atoms with E-state index in [0.717, 1.165) is 30.2 Å². The van der Waals surface area contributed by atoms with Crippen molar-refractivity contribution in [2.45, 2.75) is 27.3 Å². The van der Waals surface area contributed by atoms with Gasteiger partial charge in [0.05, 0.1) is 5.75 Å². The molecule has 0 saturated carbocycles. The summed E-state index contributed by atoms with van der Waals surface area (Å²) >= 11 is 0. The molecule has 6 heteroatoms. The molecular formula is C14H25N3O2S. The SMILES string of the molecule is CCNCc1c(C)cc(C)nc1N(C)CCS(C)(=O)=O. The van der Waals surface area contributed by atoms with Crippen molar-refractivity contribution in [2.75, 3.05) is 37.0 Å². The molecule has 1 aromatic rings. The summed E-state index contributed by atoms with van der Waals surface area (Å²) in [6.45, 7) is 8.17. The molecule has 0 spiro atoms. The molecule has 1 N–H and O–H groups in total. The molecule has 1 heterocycles. The summed E-state index contributed by atoms with van der Waals surface area (Å²) in [7, 11) is -1.07. The fourth-order valence-electron chi connectivity index (χ4n) is 2.04. The zero-order chi connectivity index (χ0) is 15.3. The van der Waals surface area contributed by atoms with Crippen molar-refractivity contribution in [2.24, 2.45) is 0 Å². The number of aryl methyl sites for hydroxylation is 2. The van der Waals surface area contributed by atoms with Gasteiger partial charge in [-0.3, -0.25) is 0 Å². The van der Waals surface area contributed by atoms with Gasteiger partial charge in [-0.15, -0.1) is 0 Å². The summed E-state index contributed by atoms with van der Waals surface area (Å²) in [5.74, 6) is 1.01. The smallest absolute Gasteiger partial charge is 0.149 e. The number of aromatic nitrogens is 1. The van der Waals surface area contributed by atoms with Crippen LogP contribution in [0.5, 0.6) is 0 Å². The molecule has 0 amide bonds. The molecule has 0 aliphatic carbocycles. The quantitative estimate of drug-likeness (QED) is 0.822. The van der Waals surface area contributed by atoms with Crippen LogP contribution in [0.25, 0.3) is 0 Å². The molecule has 114 valence electrons. The van der Waals surface area contributed by atoms with Gasteiger partial charge in [0.1, 0.15) is 15.7 Å². The Morgan fingerprint density at radius 2 is 2.00 bits per heavy atom. The van der Waals surface area contributed by atoms with Crippen molar-refractivity contribution in [1.29, 1.82) is 0 Å². The van der Waals surface area contributed by atoms with E-state index in [0.29, 0.717) is 6.54 Å². The summed E-state index contributed by atoms with van der Waals surface area (Å²) < 4.78 is 22.6. The highest BCUT2D eigenvalue weighted by atomic mass is 32.2. The van der Waals surface area contributed by atoms with Gasteiger partial charge >= 0.3 is 0 Å². The zero-order valence-electron chi connectivity index (χ0n) is 13.0.